The average molecular weight is 233 g/mol. The first kappa shape index (κ1) is 12.4. The third-order valence-corrected chi connectivity index (χ3v) is 3.59. The zero-order valence-corrected chi connectivity index (χ0v) is 10.9. The van der Waals surface area contributed by atoms with Gasteiger partial charge in [-0.3, -0.25) is 0 Å². The van der Waals surface area contributed by atoms with Crippen molar-refractivity contribution in [3.05, 3.63) is 29.8 Å². The van der Waals surface area contributed by atoms with Crippen LogP contribution in [0.3, 0.4) is 0 Å². The van der Waals surface area contributed by atoms with Gasteiger partial charge in [0.1, 0.15) is 5.75 Å². The SMILES string of the molecule is CC(C)CCC(N)C1COc2ccccc2C1. The van der Waals surface area contributed by atoms with Crippen LogP contribution in [0.4, 0.5) is 0 Å². The van der Waals surface area contributed by atoms with Gasteiger partial charge in [-0.1, -0.05) is 32.0 Å². The standard InChI is InChI=1S/C15H23NO/c1-11(2)7-8-14(16)13-9-12-5-3-4-6-15(12)17-10-13/h3-6,11,13-14H,7-10,16H2,1-2H3. The van der Waals surface area contributed by atoms with Crippen molar-refractivity contribution < 1.29 is 4.74 Å². The molecule has 1 aromatic carbocycles. The fraction of sp³-hybridized carbons (Fsp3) is 0.600. The molecule has 2 unspecified atom stereocenters. The lowest BCUT2D eigenvalue weighted by atomic mass is 9.87. The summed E-state index contributed by atoms with van der Waals surface area (Å²) in [5, 5.41) is 0. The van der Waals surface area contributed by atoms with Crippen LogP contribution in [0, 0.1) is 11.8 Å². The second-order valence-corrected chi connectivity index (χ2v) is 5.52. The predicted octanol–water partition coefficient (Wildman–Crippen LogP) is 3.00. The molecule has 2 N–H and O–H groups in total. The molecule has 0 aromatic heterocycles. The minimum absolute atomic E-state index is 0.269. The van der Waals surface area contributed by atoms with Gasteiger partial charge in [-0.2, -0.15) is 0 Å². The number of hydrogen-bond donors (Lipinski definition) is 1. The molecular formula is C15H23NO. The molecule has 1 aromatic rings. The van der Waals surface area contributed by atoms with Crippen LogP contribution >= 0.6 is 0 Å². The summed E-state index contributed by atoms with van der Waals surface area (Å²) in [6.45, 7) is 5.27. The summed E-state index contributed by atoms with van der Waals surface area (Å²) in [6, 6.07) is 8.56. The molecule has 2 rings (SSSR count). The Balaban J connectivity index is 1.93. The van der Waals surface area contributed by atoms with Gasteiger partial charge in [-0.15, -0.1) is 0 Å². The number of benzene rings is 1. The van der Waals surface area contributed by atoms with E-state index in [0.29, 0.717) is 5.92 Å². The molecular weight excluding hydrogens is 210 g/mol. The van der Waals surface area contributed by atoms with E-state index in [-0.39, 0.29) is 6.04 Å². The van der Waals surface area contributed by atoms with Crippen molar-refractivity contribution in [3.8, 4) is 5.75 Å². The second-order valence-electron chi connectivity index (χ2n) is 5.52. The molecule has 0 bridgehead atoms. The monoisotopic (exact) mass is 233 g/mol. The largest absolute Gasteiger partial charge is 0.493 e. The van der Waals surface area contributed by atoms with Crippen molar-refractivity contribution in [2.24, 2.45) is 17.6 Å². The van der Waals surface area contributed by atoms with E-state index in [4.69, 9.17) is 10.5 Å². The lowest BCUT2D eigenvalue weighted by Gasteiger charge is -2.29. The van der Waals surface area contributed by atoms with Crippen LogP contribution in [0.5, 0.6) is 5.75 Å². The van der Waals surface area contributed by atoms with Crippen molar-refractivity contribution in [2.75, 3.05) is 6.61 Å². The summed E-state index contributed by atoms with van der Waals surface area (Å²) in [5.74, 6) is 2.25. The highest BCUT2D eigenvalue weighted by Crippen LogP contribution is 2.29. The fourth-order valence-electron chi connectivity index (χ4n) is 2.39. The van der Waals surface area contributed by atoms with E-state index in [0.717, 1.165) is 31.1 Å². The highest BCUT2D eigenvalue weighted by Gasteiger charge is 2.24. The molecule has 0 radical (unpaired) electrons. The van der Waals surface area contributed by atoms with E-state index >= 15 is 0 Å². The van der Waals surface area contributed by atoms with Crippen LogP contribution in [0.2, 0.25) is 0 Å². The van der Waals surface area contributed by atoms with Crippen LogP contribution in [0.15, 0.2) is 24.3 Å². The topological polar surface area (TPSA) is 35.2 Å². The molecule has 1 aliphatic rings. The molecule has 0 aliphatic carbocycles. The maximum absolute atomic E-state index is 6.27. The highest BCUT2D eigenvalue weighted by molar-refractivity contribution is 5.35. The first-order valence-corrected chi connectivity index (χ1v) is 6.63. The molecule has 0 spiro atoms. The Morgan fingerprint density at radius 1 is 1.29 bits per heavy atom. The zero-order valence-electron chi connectivity index (χ0n) is 10.9. The van der Waals surface area contributed by atoms with Gasteiger partial charge >= 0.3 is 0 Å². The van der Waals surface area contributed by atoms with Crippen LogP contribution in [-0.2, 0) is 6.42 Å². The van der Waals surface area contributed by atoms with E-state index in [1.54, 1.807) is 0 Å². The van der Waals surface area contributed by atoms with E-state index in [2.05, 4.69) is 26.0 Å². The summed E-state index contributed by atoms with van der Waals surface area (Å²) in [7, 11) is 0. The molecule has 1 aliphatic heterocycles. The first-order chi connectivity index (χ1) is 8.16. The van der Waals surface area contributed by atoms with Crippen molar-refractivity contribution in [1.29, 1.82) is 0 Å². The van der Waals surface area contributed by atoms with Gasteiger partial charge in [0, 0.05) is 12.0 Å². The quantitative estimate of drug-likeness (QED) is 0.867. The van der Waals surface area contributed by atoms with Gasteiger partial charge < -0.3 is 10.5 Å². The fourth-order valence-corrected chi connectivity index (χ4v) is 2.39. The van der Waals surface area contributed by atoms with Crippen molar-refractivity contribution in [3.63, 3.8) is 0 Å². The molecule has 1 heterocycles. The molecule has 94 valence electrons. The van der Waals surface area contributed by atoms with Gasteiger partial charge in [-0.25, -0.2) is 0 Å². The molecule has 2 nitrogen and oxygen atoms in total. The van der Waals surface area contributed by atoms with Crippen LogP contribution < -0.4 is 10.5 Å². The average Bonchev–Trinajstić information content (AvgIpc) is 2.35. The van der Waals surface area contributed by atoms with E-state index < -0.39 is 0 Å². The predicted molar refractivity (Wildman–Crippen MR) is 71.2 cm³/mol. The Morgan fingerprint density at radius 2 is 2.06 bits per heavy atom. The maximum atomic E-state index is 6.27. The molecule has 0 saturated carbocycles. The van der Waals surface area contributed by atoms with E-state index in [1.807, 2.05) is 12.1 Å². The number of para-hydroxylation sites is 1. The lowest BCUT2D eigenvalue weighted by Crippen LogP contribution is -2.37. The molecule has 2 atom stereocenters. The van der Waals surface area contributed by atoms with Crippen LogP contribution in [0.25, 0.3) is 0 Å². The van der Waals surface area contributed by atoms with Gasteiger partial charge in [0.25, 0.3) is 0 Å². The van der Waals surface area contributed by atoms with E-state index in [1.165, 1.54) is 12.0 Å². The Bertz CT molecular complexity index is 362. The van der Waals surface area contributed by atoms with E-state index in [9.17, 15) is 0 Å². The molecule has 0 amide bonds. The highest BCUT2D eigenvalue weighted by atomic mass is 16.5. The molecule has 0 saturated heterocycles. The number of fused-ring (bicyclic) bond motifs is 1. The molecule has 2 heteroatoms. The van der Waals surface area contributed by atoms with Gasteiger partial charge in [-0.05, 0) is 36.8 Å². The summed E-state index contributed by atoms with van der Waals surface area (Å²) < 4.78 is 5.78. The van der Waals surface area contributed by atoms with Crippen molar-refractivity contribution in [2.45, 2.75) is 39.2 Å². The molecule has 17 heavy (non-hydrogen) atoms. The third kappa shape index (κ3) is 3.22. The zero-order chi connectivity index (χ0) is 12.3. The number of hydrogen-bond acceptors (Lipinski definition) is 2. The number of rotatable bonds is 4. The lowest BCUT2D eigenvalue weighted by molar-refractivity contribution is 0.192. The maximum Gasteiger partial charge on any atom is 0.122 e. The van der Waals surface area contributed by atoms with Crippen LogP contribution in [0.1, 0.15) is 32.3 Å². The number of ether oxygens (including phenoxy) is 1. The van der Waals surface area contributed by atoms with Crippen molar-refractivity contribution >= 4 is 0 Å². The normalized spacial score (nSPS) is 20.8. The summed E-state index contributed by atoms with van der Waals surface area (Å²) in [5.41, 5.74) is 7.58. The van der Waals surface area contributed by atoms with Gasteiger partial charge in [0.05, 0.1) is 6.61 Å². The third-order valence-electron chi connectivity index (χ3n) is 3.59. The Morgan fingerprint density at radius 3 is 2.82 bits per heavy atom. The van der Waals surface area contributed by atoms with Crippen LogP contribution in [-0.4, -0.2) is 12.6 Å². The summed E-state index contributed by atoms with van der Waals surface area (Å²) in [6.07, 6.45) is 3.38. The van der Waals surface area contributed by atoms with Crippen molar-refractivity contribution in [1.82, 2.24) is 0 Å². The second kappa shape index (κ2) is 5.54. The Labute approximate surface area is 104 Å². The number of nitrogens with two attached hydrogens (primary N) is 1. The Hall–Kier alpha value is -1.02. The van der Waals surface area contributed by atoms with Gasteiger partial charge in [0.15, 0.2) is 0 Å². The summed E-state index contributed by atoms with van der Waals surface area (Å²) in [4.78, 5) is 0. The minimum Gasteiger partial charge on any atom is -0.493 e. The van der Waals surface area contributed by atoms with Gasteiger partial charge in [0.2, 0.25) is 0 Å². The minimum atomic E-state index is 0.269. The first-order valence-electron chi connectivity index (χ1n) is 6.63. The smallest absolute Gasteiger partial charge is 0.122 e. The molecule has 0 fully saturated rings. The Kier molecular flexibility index (Phi) is 4.06. The summed E-state index contributed by atoms with van der Waals surface area (Å²) >= 11 is 0.